The van der Waals surface area contributed by atoms with Gasteiger partial charge in [0.05, 0.1) is 11.1 Å². The molecule has 0 saturated heterocycles. The van der Waals surface area contributed by atoms with Gasteiger partial charge in [-0.3, -0.25) is 0 Å². The predicted molar refractivity (Wildman–Crippen MR) is 269 cm³/mol. The van der Waals surface area contributed by atoms with Crippen molar-refractivity contribution in [1.82, 2.24) is 0 Å². The molecule has 308 valence electrons. The largest absolute Gasteiger partial charge is 0.455 e. The first-order valence-electron chi connectivity index (χ1n) is 23.0. The summed E-state index contributed by atoms with van der Waals surface area (Å²) >= 11 is 0. The lowest BCUT2D eigenvalue weighted by Gasteiger charge is -2.40. The second-order valence-corrected chi connectivity index (χ2v) is 19.6. The summed E-state index contributed by atoms with van der Waals surface area (Å²) in [6.45, 7) is 9.53. The molecule has 14 rings (SSSR count). The van der Waals surface area contributed by atoms with Gasteiger partial charge in [-0.05, 0) is 102 Å². The summed E-state index contributed by atoms with van der Waals surface area (Å²) in [5, 5.41) is 4.57. The summed E-state index contributed by atoms with van der Waals surface area (Å²) in [6, 6.07) is 75.2. The molecule has 2 heteroatoms. The van der Waals surface area contributed by atoms with Crippen LogP contribution >= 0.6 is 0 Å². The highest BCUT2D eigenvalue weighted by atomic mass is 16.5. The molecule has 65 heavy (non-hydrogen) atoms. The maximum atomic E-state index is 7.32. The van der Waals surface area contributed by atoms with E-state index in [0.29, 0.717) is 0 Å². The fourth-order valence-corrected chi connectivity index (χ4v) is 12.7. The van der Waals surface area contributed by atoms with Crippen LogP contribution in [0.4, 0.5) is 17.1 Å². The zero-order valence-electron chi connectivity index (χ0n) is 36.9. The van der Waals surface area contributed by atoms with Crippen molar-refractivity contribution in [3.63, 3.8) is 0 Å². The molecule has 1 aliphatic heterocycles. The van der Waals surface area contributed by atoms with Crippen LogP contribution in [0.5, 0.6) is 11.5 Å². The van der Waals surface area contributed by atoms with Crippen LogP contribution in [0.2, 0.25) is 0 Å². The summed E-state index contributed by atoms with van der Waals surface area (Å²) in [5.41, 5.74) is 20.6. The Morgan fingerprint density at radius 2 is 0.800 bits per heavy atom. The molecule has 3 aliphatic carbocycles. The number of hydrogen-bond acceptors (Lipinski definition) is 2. The van der Waals surface area contributed by atoms with Crippen molar-refractivity contribution in [2.24, 2.45) is 0 Å². The Kier molecular flexibility index (Phi) is 7.21. The number of ether oxygens (including phenoxy) is 1. The van der Waals surface area contributed by atoms with Crippen molar-refractivity contribution in [2.45, 2.75) is 43.9 Å². The molecule has 10 aromatic rings. The van der Waals surface area contributed by atoms with E-state index in [2.05, 4.69) is 233 Å². The molecule has 0 amide bonds. The van der Waals surface area contributed by atoms with Crippen LogP contribution in [-0.2, 0) is 16.2 Å². The van der Waals surface area contributed by atoms with Crippen LogP contribution in [0.15, 0.2) is 200 Å². The number of fused-ring (bicyclic) bond motifs is 19. The Balaban J connectivity index is 1.09. The van der Waals surface area contributed by atoms with Gasteiger partial charge in [-0.1, -0.05) is 198 Å². The van der Waals surface area contributed by atoms with Gasteiger partial charge in [0.2, 0.25) is 0 Å². The summed E-state index contributed by atoms with van der Waals surface area (Å²) in [7, 11) is 0. The van der Waals surface area contributed by atoms with E-state index in [1.54, 1.807) is 0 Å². The van der Waals surface area contributed by atoms with E-state index in [4.69, 9.17) is 4.74 Å². The minimum Gasteiger partial charge on any atom is -0.455 e. The lowest BCUT2D eigenvalue weighted by Crippen LogP contribution is -2.32. The smallest absolute Gasteiger partial charge is 0.140 e. The van der Waals surface area contributed by atoms with E-state index in [-0.39, 0.29) is 10.8 Å². The molecule has 0 saturated carbocycles. The Hall–Kier alpha value is -7.68. The Labute approximate surface area is 380 Å². The summed E-state index contributed by atoms with van der Waals surface area (Å²) < 4.78 is 7.32. The van der Waals surface area contributed by atoms with Crippen molar-refractivity contribution in [3.8, 4) is 44.9 Å². The van der Waals surface area contributed by atoms with Crippen molar-refractivity contribution < 1.29 is 4.74 Å². The van der Waals surface area contributed by atoms with Gasteiger partial charge in [-0.2, -0.15) is 0 Å². The van der Waals surface area contributed by atoms with Crippen LogP contribution in [0.1, 0.15) is 72.2 Å². The number of rotatable bonds is 3. The van der Waals surface area contributed by atoms with Crippen LogP contribution in [0.3, 0.4) is 0 Å². The second-order valence-electron chi connectivity index (χ2n) is 19.6. The van der Waals surface area contributed by atoms with Gasteiger partial charge in [0, 0.05) is 49.7 Å². The van der Waals surface area contributed by atoms with Gasteiger partial charge in [-0.15, -0.1) is 0 Å². The maximum absolute atomic E-state index is 7.32. The minimum absolute atomic E-state index is 0.153. The van der Waals surface area contributed by atoms with Gasteiger partial charge in [0.1, 0.15) is 11.5 Å². The van der Waals surface area contributed by atoms with E-state index in [1.807, 2.05) is 0 Å². The molecule has 0 fully saturated rings. The van der Waals surface area contributed by atoms with Crippen molar-refractivity contribution in [2.75, 3.05) is 4.90 Å². The van der Waals surface area contributed by atoms with E-state index in [1.165, 1.54) is 94.3 Å². The molecule has 2 nitrogen and oxygen atoms in total. The first kappa shape index (κ1) is 36.8. The van der Waals surface area contributed by atoms with Crippen LogP contribution in [0.25, 0.3) is 54.9 Å². The molecule has 0 atom stereocenters. The summed E-state index contributed by atoms with van der Waals surface area (Å²) in [6.07, 6.45) is 0. The van der Waals surface area contributed by atoms with Gasteiger partial charge in [-0.25, -0.2) is 0 Å². The number of hydrogen-bond donors (Lipinski definition) is 0. The van der Waals surface area contributed by atoms with Gasteiger partial charge in [0.25, 0.3) is 0 Å². The second kappa shape index (κ2) is 12.7. The van der Waals surface area contributed by atoms with Gasteiger partial charge < -0.3 is 9.64 Å². The summed E-state index contributed by atoms with van der Waals surface area (Å²) in [4.78, 5) is 2.56. The lowest BCUT2D eigenvalue weighted by atomic mass is 9.65. The van der Waals surface area contributed by atoms with Gasteiger partial charge >= 0.3 is 0 Å². The SMILES string of the molecule is CC1(C)c2ccccc2-c2ccc(N(c3ccc4c(c3)C3(c5ccccc5-4)c4ccc5ccccc5c4Oc4c3ccc3ccccc43)c3cccc4c3-c3ccccc3C4(C)C)cc21. The molecule has 0 bridgehead atoms. The quantitative estimate of drug-likeness (QED) is 0.176. The zero-order valence-corrected chi connectivity index (χ0v) is 36.9. The maximum Gasteiger partial charge on any atom is 0.140 e. The molecular formula is C63H45NO. The van der Waals surface area contributed by atoms with E-state index >= 15 is 0 Å². The number of nitrogens with zero attached hydrogens (tertiary/aromatic N) is 1. The summed E-state index contributed by atoms with van der Waals surface area (Å²) in [5.74, 6) is 1.86. The molecule has 0 aromatic heterocycles. The minimum atomic E-state index is -0.667. The standard InChI is InChI=1S/C63H45NO/c1-61(2)50-24-13-11-22-48(50)58-52(61)26-15-27-57(58)64(40-30-32-46-44-20-9-12-23-49(44)62(3,4)55(46)36-40)41-31-33-47-45-21-10-14-25-51(45)63(56(47)37-41)53-34-28-38-16-5-7-18-42(38)59(53)65-60-43-19-8-6-17-39(43)29-35-54(60)63/h5-37H,1-4H3. The highest BCUT2D eigenvalue weighted by Crippen LogP contribution is 2.65. The third-order valence-electron chi connectivity index (χ3n) is 15.7. The molecule has 0 unspecified atom stereocenters. The predicted octanol–water partition coefficient (Wildman–Crippen LogP) is 16.5. The van der Waals surface area contributed by atoms with Crippen molar-refractivity contribution in [3.05, 3.63) is 245 Å². The monoisotopic (exact) mass is 831 g/mol. The Morgan fingerprint density at radius 1 is 0.338 bits per heavy atom. The average Bonchev–Trinajstić information content (AvgIpc) is 3.86. The van der Waals surface area contributed by atoms with Crippen LogP contribution < -0.4 is 9.64 Å². The average molecular weight is 832 g/mol. The van der Waals surface area contributed by atoms with Crippen molar-refractivity contribution >= 4 is 38.6 Å². The van der Waals surface area contributed by atoms with E-state index in [0.717, 1.165) is 33.6 Å². The Bertz CT molecular complexity index is 3630. The highest BCUT2D eigenvalue weighted by molar-refractivity contribution is 6.02. The third-order valence-corrected chi connectivity index (χ3v) is 15.7. The van der Waals surface area contributed by atoms with E-state index in [9.17, 15) is 0 Å². The fraction of sp³-hybridized carbons (Fsp3) is 0.111. The van der Waals surface area contributed by atoms with Gasteiger partial charge in [0.15, 0.2) is 0 Å². The first-order valence-corrected chi connectivity index (χ1v) is 23.0. The molecule has 1 heterocycles. The van der Waals surface area contributed by atoms with E-state index < -0.39 is 5.41 Å². The molecule has 1 spiro atoms. The zero-order chi connectivity index (χ0) is 43.4. The molecule has 0 radical (unpaired) electrons. The third kappa shape index (κ3) is 4.64. The molecule has 0 N–H and O–H groups in total. The fourth-order valence-electron chi connectivity index (χ4n) is 12.7. The molecule has 4 aliphatic rings. The van der Waals surface area contributed by atoms with Crippen LogP contribution in [0, 0.1) is 0 Å². The topological polar surface area (TPSA) is 12.5 Å². The molecule has 10 aromatic carbocycles. The van der Waals surface area contributed by atoms with Crippen LogP contribution in [-0.4, -0.2) is 0 Å². The Morgan fingerprint density at radius 3 is 1.45 bits per heavy atom. The lowest BCUT2D eigenvalue weighted by molar-refractivity contribution is 0.447. The number of anilines is 3. The normalized spacial score (nSPS) is 15.6. The van der Waals surface area contributed by atoms with Crippen molar-refractivity contribution in [1.29, 1.82) is 0 Å². The molecular weight excluding hydrogens is 787 g/mol. The number of benzene rings is 10. The highest BCUT2D eigenvalue weighted by Gasteiger charge is 2.52. The first-order chi connectivity index (χ1) is 31.8.